The van der Waals surface area contributed by atoms with Gasteiger partial charge in [0.1, 0.15) is 5.75 Å². The van der Waals surface area contributed by atoms with Crippen LogP contribution < -0.4 is 4.74 Å². The van der Waals surface area contributed by atoms with E-state index in [1.807, 2.05) is 12.2 Å². The van der Waals surface area contributed by atoms with Gasteiger partial charge in [-0.1, -0.05) is 43.9 Å². The highest BCUT2D eigenvalue weighted by Crippen LogP contribution is 2.26. The van der Waals surface area contributed by atoms with Crippen molar-refractivity contribution in [1.29, 1.82) is 0 Å². The molecule has 0 fully saturated rings. The molecule has 0 saturated heterocycles. The average Bonchev–Trinajstić information content (AvgIpc) is 3.00. The van der Waals surface area contributed by atoms with Crippen LogP contribution in [-0.4, -0.2) is 74.3 Å². The van der Waals surface area contributed by atoms with Crippen LogP contribution >= 0.6 is 0 Å². The van der Waals surface area contributed by atoms with Crippen LogP contribution in [0.4, 0.5) is 13.2 Å². The smallest absolute Gasteiger partial charge is 0.406 e. The van der Waals surface area contributed by atoms with Crippen molar-refractivity contribution in [3.63, 3.8) is 0 Å². The molecule has 0 N–H and O–H groups in total. The molecule has 0 bridgehead atoms. The molecule has 0 aromatic heterocycles. The normalized spacial score (nSPS) is 15.3. The predicted molar refractivity (Wildman–Crippen MR) is 132 cm³/mol. The molecule has 1 aromatic carbocycles. The van der Waals surface area contributed by atoms with Crippen molar-refractivity contribution in [2.75, 3.05) is 41.3 Å². The summed E-state index contributed by atoms with van der Waals surface area (Å²) in [6.45, 7) is 9.64. The lowest BCUT2D eigenvalue weighted by molar-refractivity contribution is -0.274. The average molecular weight is 482 g/mol. The van der Waals surface area contributed by atoms with Gasteiger partial charge in [-0.25, -0.2) is 0 Å². The van der Waals surface area contributed by atoms with E-state index in [-0.39, 0.29) is 11.7 Å². The topological polar surface area (TPSA) is 36.0 Å². The maximum atomic E-state index is 12.3. The van der Waals surface area contributed by atoms with Gasteiger partial charge in [0.05, 0.1) is 0 Å². The molecule has 1 amide bonds. The first-order valence-corrected chi connectivity index (χ1v) is 11.3. The predicted octanol–water partition coefficient (Wildman–Crippen LogP) is 5.26. The highest BCUT2D eigenvalue weighted by molar-refractivity contribution is 5.96. The molecule has 1 aromatic rings. The van der Waals surface area contributed by atoms with Crippen molar-refractivity contribution in [3.8, 4) is 5.75 Å². The van der Waals surface area contributed by atoms with Gasteiger partial charge < -0.3 is 19.4 Å². The minimum Gasteiger partial charge on any atom is -0.406 e. The van der Waals surface area contributed by atoms with E-state index in [0.717, 1.165) is 23.3 Å². The first-order valence-electron chi connectivity index (χ1n) is 11.3. The zero-order valence-electron chi connectivity index (χ0n) is 21.2. The van der Waals surface area contributed by atoms with Crippen LogP contribution in [0.25, 0.3) is 0 Å². The molecule has 0 saturated carbocycles. The number of halogens is 3. The third-order valence-electron chi connectivity index (χ3n) is 5.46. The summed E-state index contributed by atoms with van der Waals surface area (Å²) in [5, 5.41) is 0. The third kappa shape index (κ3) is 10.6. The molecule has 1 unspecified atom stereocenters. The number of carbonyl (C=O) groups is 1. The van der Waals surface area contributed by atoms with E-state index in [0.29, 0.717) is 25.6 Å². The Balaban J connectivity index is 0.000000489. The summed E-state index contributed by atoms with van der Waals surface area (Å²) >= 11 is 0. The second kappa shape index (κ2) is 14.0. The molecular weight excluding hydrogens is 443 g/mol. The van der Waals surface area contributed by atoms with Crippen molar-refractivity contribution in [2.24, 2.45) is 0 Å². The van der Waals surface area contributed by atoms with Gasteiger partial charge in [-0.3, -0.25) is 4.79 Å². The maximum Gasteiger partial charge on any atom is 0.573 e. The Labute approximate surface area is 202 Å². The zero-order valence-corrected chi connectivity index (χ0v) is 21.2. The Hall–Kier alpha value is -2.58. The zero-order chi connectivity index (χ0) is 25.9. The fraction of sp³-hybridized carbons (Fsp3) is 0.500. The molecule has 5 nitrogen and oxygen atoms in total. The van der Waals surface area contributed by atoms with Gasteiger partial charge >= 0.3 is 6.36 Å². The van der Waals surface area contributed by atoms with Crippen LogP contribution in [0.5, 0.6) is 5.75 Å². The molecule has 1 aliphatic rings. The Bertz CT molecular complexity index is 844. The van der Waals surface area contributed by atoms with Crippen LogP contribution in [0.3, 0.4) is 0 Å². The monoisotopic (exact) mass is 481 g/mol. The van der Waals surface area contributed by atoms with Crippen molar-refractivity contribution < 1.29 is 22.7 Å². The summed E-state index contributed by atoms with van der Waals surface area (Å²) in [6, 6.07) is 6.25. The van der Waals surface area contributed by atoms with Crippen LogP contribution in [0.1, 0.15) is 32.3 Å². The highest BCUT2D eigenvalue weighted by atomic mass is 19.4. The number of alkyl halides is 3. The molecule has 1 heterocycles. The standard InChI is InChI=1S/C18H18F3NO2.C8H20N2/c1-3-4-5-6-15-12-22(17(23)13(15)2)11-14-7-9-16(10-8-14)24-18(19,20)21;1-6-8(10(4)5)7-9(2)3/h3-5,7-10H,1,6,11-12H2,2H3;8H,6-7H2,1-5H3/b5-4-;. The second-order valence-electron chi connectivity index (χ2n) is 8.74. The summed E-state index contributed by atoms with van der Waals surface area (Å²) in [7, 11) is 8.51. The molecule has 0 radical (unpaired) electrons. The number of ether oxygens (including phenoxy) is 1. The van der Waals surface area contributed by atoms with Gasteiger partial charge in [0.25, 0.3) is 0 Å². The molecule has 1 atom stereocenters. The number of hydrogen-bond acceptors (Lipinski definition) is 4. The molecule has 0 aliphatic carbocycles. The van der Waals surface area contributed by atoms with Gasteiger partial charge in [0.15, 0.2) is 0 Å². The quantitative estimate of drug-likeness (QED) is 0.427. The van der Waals surface area contributed by atoms with E-state index >= 15 is 0 Å². The number of hydrogen-bond donors (Lipinski definition) is 0. The van der Waals surface area contributed by atoms with Crippen molar-refractivity contribution in [3.05, 3.63) is 65.8 Å². The molecule has 1 aliphatic heterocycles. The van der Waals surface area contributed by atoms with Crippen LogP contribution in [0.15, 0.2) is 60.2 Å². The van der Waals surface area contributed by atoms with Gasteiger partial charge in [-0.15, -0.1) is 13.2 Å². The fourth-order valence-corrected chi connectivity index (χ4v) is 3.56. The summed E-state index contributed by atoms with van der Waals surface area (Å²) in [4.78, 5) is 18.4. The van der Waals surface area contributed by atoms with E-state index in [4.69, 9.17) is 0 Å². The number of carbonyl (C=O) groups excluding carboxylic acids is 1. The van der Waals surface area contributed by atoms with Crippen molar-refractivity contribution in [2.45, 2.75) is 45.6 Å². The number of rotatable bonds is 10. The number of likely N-dealkylation sites (N-methyl/N-ethyl adjacent to an activating group) is 2. The summed E-state index contributed by atoms with van der Waals surface area (Å²) in [5.41, 5.74) is 2.50. The lowest BCUT2D eigenvalue weighted by Crippen LogP contribution is -2.36. The molecule has 8 heteroatoms. The van der Waals surface area contributed by atoms with Gasteiger partial charge in [-0.05, 0) is 71.2 Å². The minimum atomic E-state index is -4.71. The Morgan fingerprint density at radius 1 is 1.18 bits per heavy atom. The van der Waals surface area contributed by atoms with Crippen LogP contribution in [0, 0.1) is 0 Å². The van der Waals surface area contributed by atoms with Gasteiger partial charge in [0, 0.05) is 31.2 Å². The number of amides is 1. The SMILES string of the molecule is C=C/C=C\CC1=C(C)C(=O)N(Cc2ccc(OC(F)(F)F)cc2)C1.CCC(CN(C)C)N(C)C. The second-order valence-corrected chi connectivity index (χ2v) is 8.74. The largest absolute Gasteiger partial charge is 0.573 e. The van der Waals surface area contributed by atoms with Crippen molar-refractivity contribution >= 4 is 5.91 Å². The van der Waals surface area contributed by atoms with E-state index in [1.54, 1.807) is 17.9 Å². The third-order valence-corrected chi connectivity index (χ3v) is 5.46. The van der Waals surface area contributed by atoms with Crippen molar-refractivity contribution in [1.82, 2.24) is 14.7 Å². The first-order chi connectivity index (χ1) is 15.9. The number of nitrogens with zero attached hydrogens (tertiary/aromatic N) is 3. The molecule has 190 valence electrons. The van der Waals surface area contributed by atoms with Crippen LogP contribution in [0.2, 0.25) is 0 Å². The lowest BCUT2D eigenvalue weighted by Gasteiger charge is -2.25. The Kier molecular flexibility index (Phi) is 12.1. The summed E-state index contributed by atoms with van der Waals surface area (Å²) < 4.78 is 40.3. The van der Waals surface area contributed by atoms with Gasteiger partial charge in [0.2, 0.25) is 5.91 Å². The Morgan fingerprint density at radius 3 is 2.24 bits per heavy atom. The number of allylic oxidation sites excluding steroid dienone is 3. The fourth-order valence-electron chi connectivity index (χ4n) is 3.56. The lowest BCUT2D eigenvalue weighted by atomic mass is 10.1. The van der Waals surface area contributed by atoms with Crippen LogP contribution in [-0.2, 0) is 11.3 Å². The Morgan fingerprint density at radius 2 is 1.79 bits per heavy atom. The van der Waals surface area contributed by atoms with E-state index in [9.17, 15) is 18.0 Å². The van der Waals surface area contributed by atoms with E-state index < -0.39 is 6.36 Å². The van der Waals surface area contributed by atoms with E-state index in [2.05, 4.69) is 56.2 Å². The van der Waals surface area contributed by atoms with E-state index in [1.165, 1.54) is 30.7 Å². The summed E-state index contributed by atoms with van der Waals surface area (Å²) in [5.74, 6) is -0.323. The maximum absolute atomic E-state index is 12.3. The first kappa shape index (κ1) is 29.5. The highest BCUT2D eigenvalue weighted by Gasteiger charge is 2.31. The molecule has 0 spiro atoms. The summed E-state index contributed by atoms with van der Waals surface area (Å²) in [6.07, 6.45) is 2.64. The number of benzene rings is 1. The molecule has 2 rings (SSSR count). The molecule has 34 heavy (non-hydrogen) atoms. The minimum absolute atomic E-state index is 0.0485. The molecular formula is C26H38F3N3O2. The van der Waals surface area contributed by atoms with Gasteiger partial charge in [-0.2, -0.15) is 0 Å².